The van der Waals surface area contributed by atoms with Crippen LogP contribution >= 0.6 is 0 Å². The van der Waals surface area contributed by atoms with Gasteiger partial charge in [-0.3, -0.25) is 19.2 Å². The number of fused-ring (bicyclic) bond motifs is 7. The Kier molecular flexibility index (Phi) is 8.82. The van der Waals surface area contributed by atoms with Crippen molar-refractivity contribution in [3.05, 3.63) is 22.9 Å². The van der Waals surface area contributed by atoms with Gasteiger partial charge in [0.05, 0.1) is 17.4 Å². The Morgan fingerprint density at radius 2 is 1.66 bits per heavy atom. The van der Waals surface area contributed by atoms with E-state index < -0.39 is 28.8 Å². The van der Waals surface area contributed by atoms with Gasteiger partial charge >= 0.3 is 23.7 Å². The van der Waals surface area contributed by atoms with Crippen LogP contribution in [0.1, 0.15) is 150 Å². The molecule has 2 N–H and O–H groups in total. The molecule has 10 heteroatoms. The number of amides is 1. The zero-order chi connectivity index (χ0) is 36.8. The maximum absolute atomic E-state index is 13.9. The SMILES string of the molecule is CCc1nnc(C(=O)N[C@@]23CC[C@]4(C)C(CCC5[C@@]6(C)CC[C@H](OC(=O)CC(C)(C)C(=O)O)C(C)(C)C6CC[C@]54C)C2=C(C(C)C)C(=O)C3)o1. The molecule has 0 bridgehead atoms. The van der Waals surface area contributed by atoms with E-state index in [1.54, 1.807) is 13.8 Å². The Bertz CT molecular complexity index is 1620. The summed E-state index contributed by atoms with van der Waals surface area (Å²) in [7, 11) is 0. The number of carbonyl (C=O) groups is 4. The summed E-state index contributed by atoms with van der Waals surface area (Å²) in [6, 6.07) is 0. The highest BCUT2D eigenvalue weighted by Gasteiger charge is 2.70. The molecular formula is C40H59N3O7. The second-order valence-corrected chi connectivity index (χ2v) is 18.8. The van der Waals surface area contributed by atoms with Gasteiger partial charge in [-0.15, -0.1) is 10.2 Å². The molecular weight excluding hydrogens is 634 g/mol. The number of carboxylic acid groups (broad SMARTS) is 1. The van der Waals surface area contributed by atoms with Crippen molar-refractivity contribution in [2.75, 3.05) is 0 Å². The topological polar surface area (TPSA) is 149 Å². The van der Waals surface area contributed by atoms with Crippen LogP contribution in [0, 0.1) is 50.7 Å². The van der Waals surface area contributed by atoms with Gasteiger partial charge < -0.3 is 19.6 Å². The molecule has 8 atom stereocenters. The molecule has 0 aromatic carbocycles. The van der Waals surface area contributed by atoms with Crippen LogP contribution in [0.3, 0.4) is 0 Å². The number of ether oxygens (including phenoxy) is 1. The lowest BCUT2D eigenvalue weighted by Crippen LogP contribution is -2.67. The summed E-state index contributed by atoms with van der Waals surface area (Å²) in [4.78, 5) is 52.3. The van der Waals surface area contributed by atoms with Gasteiger partial charge in [0.2, 0.25) is 5.89 Å². The lowest BCUT2D eigenvalue weighted by molar-refractivity contribution is -0.232. The average Bonchev–Trinajstić information content (AvgIpc) is 3.61. The van der Waals surface area contributed by atoms with E-state index in [1.165, 1.54) is 0 Å². The van der Waals surface area contributed by atoms with E-state index in [1.807, 2.05) is 6.92 Å². The zero-order valence-electron chi connectivity index (χ0n) is 32.0. The molecule has 1 aromatic rings. The second-order valence-electron chi connectivity index (χ2n) is 18.8. The number of aromatic nitrogens is 2. The highest BCUT2D eigenvalue weighted by atomic mass is 16.5. The molecule has 1 heterocycles. The number of aliphatic carboxylic acids is 1. The second kappa shape index (κ2) is 12.0. The van der Waals surface area contributed by atoms with Gasteiger partial charge in [-0.25, -0.2) is 0 Å². The number of carboxylic acids is 1. The van der Waals surface area contributed by atoms with Crippen molar-refractivity contribution in [2.45, 2.75) is 152 Å². The molecule has 276 valence electrons. The van der Waals surface area contributed by atoms with E-state index in [-0.39, 0.29) is 64.1 Å². The van der Waals surface area contributed by atoms with E-state index in [4.69, 9.17) is 9.15 Å². The number of ketones is 1. The van der Waals surface area contributed by atoms with Gasteiger partial charge in [-0.1, -0.05) is 55.4 Å². The van der Waals surface area contributed by atoms with Gasteiger partial charge in [0.15, 0.2) is 5.78 Å². The lowest BCUT2D eigenvalue weighted by Gasteiger charge is -2.72. The Morgan fingerprint density at radius 1 is 0.960 bits per heavy atom. The molecule has 50 heavy (non-hydrogen) atoms. The van der Waals surface area contributed by atoms with Crippen molar-refractivity contribution in [3.8, 4) is 0 Å². The molecule has 0 saturated heterocycles. The minimum absolute atomic E-state index is 0.00564. The van der Waals surface area contributed by atoms with Gasteiger partial charge in [0.25, 0.3) is 0 Å². The van der Waals surface area contributed by atoms with E-state index >= 15 is 0 Å². The monoisotopic (exact) mass is 693 g/mol. The number of rotatable bonds is 8. The minimum atomic E-state index is -1.17. The fourth-order valence-corrected chi connectivity index (χ4v) is 12.3. The van der Waals surface area contributed by atoms with Crippen molar-refractivity contribution in [3.63, 3.8) is 0 Å². The summed E-state index contributed by atoms with van der Waals surface area (Å²) in [5.41, 5.74) is -0.169. The first kappa shape index (κ1) is 36.7. The Morgan fingerprint density at radius 3 is 2.28 bits per heavy atom. The van der Waals surface area contributed by atoms with Crippen LogP contribution in [-0.2, 0) is 25.5 Å². The Labute approximate surface area is 297 Å². The number of hydrogen-bond donors (Lipinski definition) is 2. The maximum Gasteiger partial charge on any atom is 0.309 e. The molecule has 10 nitrogen and oxygen atoms in total. The quantitative estimate of drug-likeness (QED) is 0.264. The van der Waals surface area contributed by atoms with Crippen LogP contribution in [-0.4, -0.2) is 50.6 Å². The first-order chi connectivity index (χ1) is 23.2. The third-order valence-electron chi connectivity index (χ3n) is 15.1. The smallest absolute Gasteiger partial charge is 0.309 e. The molecule has 1 aromatic heterocycles. The van der Waals surface area contributed by atoms with Gasteiger partial charge in [-0.2, -0.15) is 0 Å². The van der Waals surface area contributed by atoms with E-state index in [0.717, 1.165) is 56.1 Å². The molecule has 0 radical (unpaired) electrons. The summed E-state index contributed by atoms with van der Waals surface area (Å²) in [6.07, 6.45) is 7.76. The number of nitrogens with one attached hydrogen (secondary N) is 1. The first-order valence-electron chi connectivity index (χ1n) is 19.0. The summed E-state index contributed by atoms with van der Waals surface area (Å²) >= 11 is 0. The molecule has 6 rings (SSSR count). The van der Waals surface area contributed by atoms with Crippen LogP contribution < -0.4 is 5.32 Å². The van der Waals surface area contributed by atoms with Gasteiger partial charge in [0.1, 0.15) is 6.10 Å². The van der Waals surface area contributed by atoms with Crippen LogP contribution in [0.5, 0.6) is 0 Å². The van der Waals surface area contributed by atoms with E-state index in [2.05, 4.69) is 64.0 Å². The number of carbonyl (C=O) groups excluding carboxylic acids is 3. The standard InChI is InChI=1S/C40H59N3O7/c1-11-28-42-43-33(50-28)32(46)41-40-19-18-38(9)23(31(40)30(22(2)3)24(44)20-40)12-13-26-37(8)16-15-27(49-29(45)21-35(4,5)34(47)48)36(6,7)25(37)14-17-39(26,38)10/h22-23,25-27H,11-21H2,1-10H3,(H,41,46)(H,47,48)/t23?,25?,26?,27-,37-,38+,39+,40+/m0/s1. The fraction of sp³-hybridized carbons (Fsp3) is 0.800. The predicted molar refractivity (Wildman–Crippen MR) is 187 cm³/mol. The van der Waals surface area contributed by atoms with Gasteiger partial charge in [0, 0.05) is 18.3 Å². The number of esters is 1. The number of Topliss-reactive ketones (excluding diaryl/α,β-unsaturated/α-hetero) is 1. The largest absolute Gasteiger partial charge is 0.481 e. The van der Waals surface area contributed by atoms with Crippen LogP contribution in [0.2, 0.25) is 0 Å². The van der Waals surface area contributed by atoms with Crippen molar-refractivity contribution >= 4 is 23.6 Å². The Balaban J connectivity index is 1.30. The summed E-state index contributed by atoms with van der Waals surface area (Å²) in [5, 5.41) is 20.9. The highest BCUT2D eigenvalue weighted by Crippen LogP contribution is 2.76. The van der Waals surface area contributed by atoms with Crippen molar-refractivity contribution in [1.82, 2.24) is 15.5 Å². The Hall–Kier alpha value is -3.04. The predicted octanol–water partition coefficient (Wildman–Crippen LogP) is 7.51. The third kappa shape index (κ3) is 5.31. The average molecular weight is 694 g/mol. The molecule has 0 spiro atoms. The van der Waals surface area contributed by atoms with Crippen LogP contribution in [0.15, 0.2) is 15.6 Å². The van der Waals surface area contributed by atoms with Gasteiger partial charge in [-0.05, 0) is 116 Å². The molecule has 4 fully saturated rings. The normalized spacial score (nSPS) is 37.8. The van der Waals surface area contributed by atoms with Crippen molar-refractivity contribution in [2.24, 2.45) is 50.7 Å². The third-order valence-corrected chi connectivity index (χ3v) is 15.1. The highest BCUT2D eigenvalue weighted by molar-refractivity contribution is 6.03. The molecule has 1 amide bonds. The summed E-state index contributed by atoms with van der Waals surface area (Å²) in [6.45, 7) is 21.2. The molecule has 4 saturated carbocycles. The molecule has 5 aliphatic rings. The number of aryl methyl sites for hydroxylation is 1. The first-order valence-corrected chi connectivity index (χ1v) is 19.0. The van der Waals surface area contributed by atoms with Crippen molar-refractivity contribution < 1.29 is 33.4 Å². The minimum Gasteiger partial charge on any atom is -0.481 e. The van der Waals surface area contributed by atoms with E-state index in [9.17, 15) is 24.3 Å². The molecule has 0 aliphatic heterocycles. The summed E-state index contributed by atoms with van der Waals surface area (Å²) in [5.74, 6) is -0.331. The number of hydrogen-bond acceptors (Lipinski definition) is 8. The number of allylic oxidation sites excluding steroid dienone is 1. The maximum atomic E-state index is 13.9. The fourth-order valence-electron chi connectivity index (χ4n) is 12.3. The molecule has 3 unspecified atom stereocenters. The zero-order valence-corrected chi connectivity index (χ0v) is 32.0. The molecule has 5 aliphatic carbocycles. The van der Waals surface area contributed by atoms with Crippen molar-refractivity contribution in [1.29, 1.82) is 0 Å². The van der Waals surface area contributed by atoms with Crippen LogP contribution in [0.25, 0.3) is 0 Å². The number of nitrogens with zero attached hydrogens (tertiary/aromatic N) is 2. The van der Waals surface area contributed by atoms with E-state index in [0.29, 0.717) is 30.6 Å². The van der Waals surface area contributed by atoms with Crippen LogP contribution in [0.4, 0.5) is 0 Å². The summed E-state index contributed by atoms with van der Waals surface area (Å²) < 4.78 is 11.8. The lowest BCUT2D eigenvalue weighted by atomic mass is 9.33.